The van der Waals surface area contributed by atoms with Crippen LogP contribution >= 0.6 is 15.9 Å². The predicted molar refractivity (Wildman–Crippen MR) is 78.2 cm³/mol. The van der Waals surface area contributed by atoms with Gasteiger partial charge in [0.15, 0.2) is 0 Å². The second-order valence-corrected chi connectivity index (χ2v) is 6.87. The molecule has 0 aliphatic carbocycles. The molecular formula is C13H12BrNO5S. The first-order valence-corrected chi connectivity index (χ1v) is 8.19. The monoisotopic (exact) mass is 373 g/mol. The van der Waals surface area contributed by atoms with Crippen LogP contribution in [0.5, 0.6) is 0 Å². The fourth-order valence-electron chi connectivity index (χ4n) is 1.73. The maximum absolute atomic E-state index is 12.3. The van der Waals surface area contributed by atoms with Crippen molar-refractivity contribution in [3.05, 3.63) is 52.9 Å². The molecule has 0 spiro atoms. The Morgan fingerprint density at radius 2 is 1.95 bits per heavy atom. The number of nitrogens with one attached hydrogen (secondary N) is 1. The summed E-state index contributed by atoms with van der Waals surface area (Å²) < 4.78 is 32.7. The molecule has 6 nitrogen and oxygen atoms in total. The Morgan fingerprint density at radius 3 is 2.48 bits per heavy atom. The fourth-order valence-corrected chi connectivity index (χ4v) is 3.20. The van der Waals surface area contributed by atoms with E-state index in [1.54, 1.807) is 18.2 Å². The lowest BCUT2D eigenvalue weighted by atomic mass is 10.2. The van der Waals surface area contributed by atoms with E-state index in [2.05, 4.69) is 20.7 Å². The SMILES string of the molecule is O=C(O)C[C@@H](NS(=O)(=O)c1ccc(Br)cc1)c1ccco1. The van der Waals surface area contributed by atoms with Crippen molar-refractivity contribution in [2.75, 3.05) is 0 Å². The topological polar surface area (TPSA) is 96.6 Å². The van der Waals surface area contributed by atoms with Gasteiger partial charge in [-0.2, -0.15) is 4.72 Å². The zero-order valence-electron chi connectivity index (χ0n) is 10.7. The largest absolute Gasteiger partial charge is 0.481 e. The third-order valence-corrected chi connectivity index (χ3v) is 4.70. The Labute approximate surface area is 130 Å². The number of carboxylic acid groups (broad SMARTS) is 1. The number of furan rings is 1. The number of sulfonamides is 1. The van der Waals surface area contributed by atoms with Gasteiger partial charge >= 0.3 is 5.97 Å². The van der Waals surface area contributed by atoms with Gasteiger partial charge < -0.3 is 9.52 Å². The lowest BCUT2D eigenvalue weighted by Gasteiger charge is -2.15. The van der Waals surface area contributed by atoms with E-state index in [0.29, 0.717) is 0 Å². The Balaban J connectivity index is 2.27. The normalized spacial score (nSPS) is 13.0. The number of halogens is 1. The molecule has 0 radical (unpaired) electrons. The molecule has 1 aromatic heterocycles. The summed E-state index contributed by atoms with van der Waals surface area (Å²) in [4.78, 5) is 10.9. The Morgan fingerprint density at radius 1 is 1.29 bits per heavy atom. The molecular weight excluding hydrogens is 362 g/mol. The van der Waals surface area contributed by atoms with Crippen LogP contribution in [0.3, 0.4) is 0 Å². The van der Waals surface area contributed by atoms with Crippen LogP contribution in [-0.4, -0.2) is 19.5 Å². The number of hydrogen-bond acceptors (Lipinski definition) is 4. The van der Waals surface area contributed by atoms with Crippen LogP contribution in [-0.2, 0) is 14.8 Å². The van der Waals surface area contributed by atoms with Gasteiger partial charge in [0.2, 0.25) is 10.0 Å². The highest BCUT2D eigenvalue weighted by Crippen LogP contribution is 2.22. The number of carboxylic acids is 1. The number of aliphatic carboxylic acids is 1. The fraction of sp³-hybridized carbons (Fsp3) is 0.154. The quantitative estimate of drug-likeness (QED) is 0.810. The predicted octanol–water partition coefficient (Wildman–Crippen LogP) is 2.54. The molecule has 0 amide bonds. The van der Waals surface area contributed by atoms with Crippen LogP contribution in [0.2, 0.25) is 0 Å². The zero-order chi connectivity index (χ0) is 15.5. The van der Waals surface area contributed by atoms with Crippen molar-refractivity contribution in [1.82, 2.24) is 4.72 Å². The standard InChI is InChI=1S/C13H12BrNO5S/c14-9-3-5-10(6-4-9)21(18,19)15-11(8-13(16)17)12-2-1-7-20-12/h1-7,11,15H,8H2,(H,16,17)/t11-/m1/s1. The second kappa shape index (κ2) is 6.42. The molecule has 21 heavy (non-hydrogen) atoms. The second-order valence-electron chi connectivity index (χ2n) is 4.24. The minimum atomic E-state index is -3.84. The molecule has 0 fully saturated rings. The minimum Gasteiger partial charge on any atom is -0.481 e. The number of hydrogen-bond donors (Lipinski definition) is 2. The smallest absolute Gasteiger partial charge is 0.305 e. The van der Waals surface area contributed by atoms with Crippen molar-refractivity contribution >= 4 is 31.9 Å². The number of carbonyl (C=O) groups is 1. The molecule has 8 heteroatoms. The van der Waals surface area contributed by atoms with Crippen molar-refractivity contribution in [2.24, 2.45) is 0 Å². The van der Waals surface area contributed by atoms with E-state index in [1.165, 1.54) is 24.5 Å². The van der Waals surface area contributed by atoms with E-state index in [9.17, 15) is 13.2 Å². The highest BCUT2D eigenvalue weighted by molar-refractivity contribution is 9.10. The van der Waals surface area contributed by atoms with Crippen LogP contribution in [0.1, 0.15) is 18.2 Å². The summed E-state index contributed by atoms with van der Waals surface area (Å²) in [6.45, 7) is 0. The zero-order valence-corrected chi connectivity index (χ0v) is 13.1. The van der Waals surface area contributed by atoms with Gasteiger partial charge in [0.1, 0.15) is 5.76 Å². The van der Waals surface area contributed by atoms with E-state index in [-0.39, 0.29) is 10.7 Å². The lowest BCUT2D eigenvalue weighted by molar-refractivity contribution is -0.137. The molecule has 1 aromatic carbocycles. The van der Waals surface area contributed by atoms with Gasteiger partial charge in [-0.1, -0.05) is 15.9 Å². The molecule has 2 N–H and O–H groups in total. The molecule has 112 valence electrons. The van der Waals surface area contributed by atoms with Crippen molar-refractivity contribution in [2.45, 2.75) is 17.4 Å². The maximum Gasteiger partial charge on any atom is 0.305 e. The van der Waals surface area contributed by atoms with E-state index >= 15 is 0 Å². The van der Waals surface area contributed by atoms with Crippen molar-refractivity contribution < 1.29 is 22.7 Å². The third kappa shape index (κ3) is 4.16. The summed E-state index contributed by atoms with van der Waals surface area (Å²) in [5, 5.41) is 8.90. The molecule has 0 bridgehead atoms. The van der Waals surface area contributed by atoms with Crippen LogP contribution in [0.4, 0.5) is 0 Å². The first kappa shape index (κ1) is 15.7. The van der Waals surface area contributed by atoms with Gasteiger partial charge in [-0.25, -0.2) is 8.42 Å². The Bertz CT molecular complexity index is 710. The highest BCUT2D eigenvalue weighted by Gasteiger charge is 2.25. The van der Waals surface area contributed by atoms with Gasteiger partial charge in [0.25, 0.3) is 0 Å². The highest BCUT2D eigenvalue weighted by atomic mass is 79.9. The van der Waals surface area contributed by atoms with E-state index < -0.39 is 28.5 Å². The first-order valence-electron chi connectivity index (χ1n) is 5.91. The van der Waals surface area contributed by atoms with Crippen molar-refractivity contribution in [1.29, 1.82) is 0 Å². The van der Waals surface area contributed by atoms with Gasteiger partial charge in [0, 0.05) is 4.47 Å². The third-order valence-electron chi connectivity index (χ3n) is 2.69. The van der Waals surface area contributed by atoms with Gasteiger partial charge in [-0.15, -0.1) is 0 Å². The summed E-state index contributed by atoms with van der Waals surface area (Å²) >= 11 is 3.22. The van der Waals surface area contributed by atoms with Gasteiger partial charge in [-0.05, 0) is 36.4 Å². The summed E-state index contributed by atoms with van der Waals surface area (Å²) in [6, 6.07) is 8.15. The van der Waals surface area contributed by atoms with E-state index in [1.807, 2.05) is 0 Å². The Hall–Kier alpha value is -1.64. The molecule has 1 heterocycles. The minimum absolute atomic E-state index is 0.0487. The molecule has 0 aliphatic rings. The summed E-state index contributed by atoms with van der Waals surface area (Å²) in [6.07, 6.45) is 0.946. The summed E-state index contributed by atoms with van der Waals surface area (Å²) in [5.41, 5.74) is 0. The van der Waals surface area contributed by atoms with E-state index in [0.717, 1.165) is 4.47 Å². The van der Waals surface area contributed by atoms with Crippen LogP contribution in [0.25, 0.3) is 0 Å². The van der Waals surface area contributed by atoms with Crippen LogP contribution < -0.4 is 4.72 Å². The van der Waals surface area contributed by atoms with Crippen LogP contribution in [0.15, 0.2) is 56.4 Å². The average Bonchev–Trinajstić information content (AvgIpc) is 2.91. The van der Waals surface area contributed by atoms with Gasteiger partial charge in [-0.3, -0.25) is 4.79 Å². The summed E-state index contributed by atoms with van der Waals surface area (Å²) in [7, 11) is -3.84. The maximum atomic E-state index is 12.3. The molecule has 2 rings (SSSR count). The molecule has 0 aliphatic heterocycles. The number of benzene rings is 1. The molecule has 0 unspecified atom stereocenters. The molecule has 0 saturated carbocycles. The lowest BCUT2D eigenvalue weighted by Crippen LogP contribution is -2.30. The van der Waals surface area contributed by atoms with Crippen LogP contribution in [0, 0.1) is 0 Å². The van der Waals surface area contributed by atoms with E-state index in [4.69, 9.17) is 9.52 Å². The van der Waals surface area contributed by atoms with Gasteiger partial charge in [0.05, 0.1) is 23.6 Å². The number of rotatable bonds is 6. The van der Waals surface area contributed by atoms with Crippen molar-refractivity contribution in [3.63, 3.8) is 0 Å². The molecule has 2 aromatic rings. The first-order chi connectivity index (χ1) is 9.88. The molecule has 1 atom stereocenters. The average molecular weight is 374 g/mol. The summed E-state index contributed by atoms with van der Waals surface area (Å²) in [5.74, 6) is -0.881. The Kier molecular flexibility index (Phi) is 4.81. The van der Waals surface area contributed by atoms with Crippen molar-refractivity contribution in [3.8, 4) is 0 Å². The molecule has 0 saturated heterocycles.